The van der Waals surface area contributed by atoms with Gasteiger partial charge in [0.1, 0.15) is 11.8 Å². The molecule has 9 nitrogen and oxygen atoms in total. The molecule has 1 fully saturated rings. The Morgan fingerprint density at radius 1 is 1.10 bits per heavy atom. The summed E-state index contributed by atoms with van der Waals surface area (Å²) < 4.78 is 126. The van der Waals surface area contributed by atoms with Crippen molar-refractivity contribution in [2.45, 2.75) is 49.9 Å². The largest absolute Gasteiger partial charge is 0.496 e. The Hall–Kier alpha value is -4.31. The summed E-state index contributed by atoms with van der Waals surface area (Å²) in [7, 11) is -7.31. The summed E-state index contributed by atoms with van der Waals surface area (Å²) in [6, 6.07) is 13.8. The molecule has 5 rings (SSSR count). The Morgan fingerprint density at radius 3 is 2.66 bits per heavy atom. The van der Waals surface area contributed by atoms with Crippen LogP contribution in [0.5, 0.6) is 5.75 Å². The number of hydrogen-bond acceptors (Lipinski definition) is 6. The highest BCUT2D eigenvalue weighted by molar-refractivity contribution is 7.90. The van der Waals surface area contributed by atoms with Crippen LogP contribution >= 0.6 is 0 Å². The molecule has 1 aliphatic rings. The fraction of sp³-hybridized carbons (Fsp3) is 0.290. The molecule has 2 N–H and O–H groups in total. The first kappa shape index (κ1) is 17.5. The number of rotatable bonds is 8. The molecule has 10 heteroatoms. The fourth-order valence-corrected chi connectivity index (χ4v) is 5.71. The average Bonchev–Trinajstić information content (AvgIpc) is 3.41. The van der Waals surface area contributed by atoms with Crippen LogP contribution in [0.15, 0.2) is 71.8 Å². The zero-order chi connectivity index (χ0) is 38.7. The van der Waals surface area contributed by atoms with E-state index in [0.717, 1.165) is 10.6 Å². The monoisotopic (exact) mass is 586 g/mol. The molecule has 0 aliphatic heterocycles. The van der Waals surface area contributed by atoms with E-state index in [4.69, 9.17) is 24.6 Å². The van der Waals surface area contributed by atoms with Gasteiger partial charge in [-0.2, -0.15) is 0 Å². The van der Waals surface area contributed by atoms with Crippen LogP contribution in [0.25, 0.3) is 10.9 Å². The van der Waals surface area contributed by atoms with Gasteiger partial charge in [0, 0.05) is 51.3 Å². The number of carbonyl (C=O) groups is 2. The number of nitrogens with one attached hydrogen (secondary N) is 2. The predicted octanol–water partition coefficient (Wildman–Crippen LogP) is 5.70. The summed E-state index contributed by atoms with van der Waals surface area (Å²) >= 11 is 0. The average molecular weight is 587 g/mol. The van der Waals surface area contributed by atoms with Crippen molar-refractivity contribution in [1.82, 2.24) is 9.29 Å². The van der Waals surface area contributed by atoms with Crippen LogP contribution in [-0.4, -0.2) is 38.1 Å². The third-order valence-corrected chi connectivity index (χ3v) is 7.99. The van der Waals surface area contributed by atoms with Crippen LogP contribution in [0, 0.1) is 6.92 Å². The maximum Gasteiger partial charge on any atom is 0.411 e. The van der Waals surface area contributed by atoms with Crippen LogP contribution in [0.2, 0.25) is 0 Å². The molecule has 4 aromatic rings. The van der Waals surface area contributed by atoms with E-state index in [-0.39, 0.29) is 44.8 Å². The Kier molecular flexibility index (Phi) is 4.97. The third kappa shape index (κ3) is 6.22. The molecule has 2 amide bonds. The quantitative estimate of drug-likeness (QED) is 0.274. The van der Waals surface area contributed by atoms with E-state index in [0.29, 0.717) is 11.1 Å². The van der Waals surface area contributed by atoms with Crippen LogP contribution in [0.3, 0.4) is 0 Å². The molecule has 1 heterocycles. The molecule has 0 bridgehead atoms. The van der Waals surface area contributed by atoms with Crippen molar-refractivity contribution in [1.29, 1.82) is 0 Å². The van der Waals surface area contributed by atoms with Crippen molar-refractivity contribution in [2.75, 3.05) is 12.4 Å². The zero-order valence-corrected chi connectivity index (χ0v) is 22.6. The van der Waals surface area contributed by atoms with Crippen molar-refractivity contribution in [3.63, 3.8) is 0 Å². The van der Waals surface area contributed by atoms with E-state index in [1.54, 1.807) is 19.1 Å². The number of nitrogens with zero attached hydrogens (tertiary/aromatic N) is 1. The number of sulfonamides is 1. The second kappa shape index (κ2) is 11.7. The molecule has 3 aromatic carbocycles. The third-order valence-electron chi connectivity index (χ3n) is 6.50. The first-order chi connectivity index (χ1) is 23.8. The van der Waals surface area contributed by atoms with Crippen molar-refractivity contribution in [3.05, 3.63) is 89.1 Å². The Morgan fingerprint density at radius 2 is 1.90 bits per heavy atom. The van der Waals surface area contributed by atoms with Gasteiger partial charge in [-0.15, -0.1) is 0 Å². The minimum absolute atomic E-state index is 0.0792. The lowest BCUT2D eigenvalue weighted by Crippen LogP contribution is -2.31. The highest BCUT2D eigenvalue weighted by Crippen LogP contribution is 2.30. The van der Waals surface area contributed by atoms with Gasteiger partial charge in [0.2, 0.25) is 0 Å². The first-order valence-electron chi connectivity index (χ1n) is 17.9. The molecule has 1 saturated carbocycles. The van der Waals surface area contributed by atoms with Gasteiger partial charge in [-0.1, -0.05) is 24.3 Å². The lowest BCUT2D eigenvalue weighted by atomic mass is 10.0. The Balaban J connectivity index is 1.47. The molecule has 0 atom stereocenters. The maximum absolute atomic E-state index is 13.1. The SMILES string of the molecule is [2H]C([2H])([2H])Oc1cc(C(=O)NS(=O)(=O)c2ccccc2C)ccc1Cc1cn(C([2H])([2H])[2H])c2ccc(NC(=O)OC3([2H])CC([2H])([2H])C([2H])([2H])C3)cc12. The second-order valence-corrected chi connectivity index (χ2v) is 11.0. The van der Waals surface area contributed by atoms with Gasteiger partial charge in [-0.25, -0.2) is 17.9 Å². The molecule has 1 aliphatic carbocycles. The minimum Gasteiger partial charge on any atom is -0.496 e. The molecule has 214 valence electrons. The van der Waals surface area contributed by atoms with Gasteiger partial charge < -0.3 is 14.0 Å². The highest BCUT2D eigenvalue weighted by Gasteiger charge is 2.22. The van der Waals surface area contributed by atoms with Crippen molar-refractivity contribution in [3.8, 4) is 5.75 Å². The molecular formula is C31H33N3O6S. The van der Waals surface area contributed by atoms with Crippen LogP contribution in [-0.2, 0) is 28.2 Å². The number of hydrogen-bond donors (Lipinski definition) is 2. The van der Waals surface area contributed by atoms with Gasteiger partial charge in [0.15, 0.2) is 0 Å². The lowest BCUT2D eigenvalue weighted by molar-refractivity contribution is 0.0980. The van der Waals surface area contributed by atoms with Crippen molar-refractivity contribution in [2.24, 2.45) is 6.98 Å². The van der Waals surface area contributed by atoms with Gasteiger partial charge in [0.05, 0.1) is 17.4 Å². The highest BCUT2D eigenvalue weighted by atomic mass is 32.2. The number of methoxy groups -OCH3 is 1. The van der Waals surface area contributed by atoms with E-state index in [2.05, 4.69) is 5.32 Å². The summed E-state index contributed by atoms with van der Waals surface area (Å²) in [6.07, 6.45) is -8.45. The molecule has 0 spiro atoms. The topological polar surface area (TPSA) is 116 Å². The van der Waals surface area contributed by atoms with Crippen LogP contribution in [0.1, 0.15) is 67.7 Å². The molecule has 0 saturated heterocycles. The maximum atomic E-state index is 13.1. The second-order valence-electron chi connectivity index (χ2n) is 9.32. The molecular weight excluding hydrogens is 542 g/mol. The molecule has 1 aromatic heterocycles. The van der Waals surface area contributed by atoms with Gasteiger partial charge in [-0.05, 0) is 85.6 Å². The van der Waals surface area contributed by atoms with Crippen molar-refractivity contribution >= 4 is 38.6 Å². The number of aromatic nitrogens is 1. The zero-order valence-electron chi connectivity index (χ0n) is 32.8. The smallest absolute Gasteiger partial charge is 0.411 e. The standard InChI is InChI=1S/C31H33N3O6S/c1-20-8-4-7-11-29(20)41(37,38)33-30(35)22-13-12-21(28(17-22)39-3)16-23-19-34(2)27-15-14-24(18-26(23)27)32-31(36)40-25-9-5-6-10-25/h4,7-8,11-15,17-19,25H,5-6,9-10,16H2,1-3H3,(H,32,36)(H,33,35)/i2D3,3D3,5D2,6D2,25D. The Labute approximate surface area is 255 Å². The fourth-order valence-electron chi connectivity index (χ4n) is 4.48. The molecule has 0 radical (unpaired) electrons. The molecule has 41 heavy (non-hydrogen) atoms. The Bertz CT molecular complexity index is 2150. The van der Waals surface area contributed by atoms with E-state index in [1.807, 2.05) is 4.72 Å². The lowest BCUT2D eigenvalue weighted by Gasteiger charge is -2.13. The number of anilines is 1. The van der Waals surface area contributed by atoms with E-state index < -0.39 is 67.7 Å². The number of benzene rings is 3. The van der Waals surface area contributed by atoms with Crippen LogP contribution in [0.4, 0.5) is 10.5 Å². The van der Waals surface area contributed by atoms with E-state index >= 15 is 0 Å². The summed E-state index contributed by atoms with van der Waals surface area (Å²) in [5.74, 6) is -1.38. The predicted molar refractivity (Wildman–Crippen MR) is 157 cm³/mol. The van der Waals surface area contributed by atoms with Gasteiger partial charge >= 0.3 is 6.09 Å². The molecule has 0 unspecified atom stereocenters. The number of aryl methyl sites for hydroxylation is 2. The summed E-state index contributed by atoms with van der Waals surface area (Å²) in [5.41, 5.74) is 0.906. The number of amides is 2. The normalized spacial score (nSPS) is 21.5. The summed E-state index contributed by atoms with van der Waals surface area (Å²) in [6.45, 7) is -1.12. The first-order valence-corrected chi connectivity index (χ1v) is 13.9. The minimum atomic E-state index is -4.30. The number of fused-ring (bicyclic) bond motifs is 1. The van der Waals surface area contributed by atoms with Crippen LogP contribution < -0.4 is 14.8 Å². The summed E-state index contributed by atoms with van der Waals surface area (Å²) in [5, 5.41) is 2.69. The summed E-state index contributed by atoms with van der Waals surface area (Å²) in [4.78, 5) is 25.8. The van der Waals surface area contributed by atoms with Gasteiger partial charge in [-0.3, -0.25) is 10.1 Å². The number of carbonyl (C=O) groups excluding carboxylic acids is 2. The number of ether oxygens (including phenoxy) is 2. The van der Waals surface area contributed by atoms with Crippen molar-refractivity contribution < 1.29 is 42.6 Å². The van der Waals surface area contributed by atoms with Gasteiger partial charge in [0.25, 0.3) is 15.9 Å². The van der Waals surface area contributed by atoms with E-state index in [1.165, 1.54) is 48.7 Å². The van der Waals surface area contributed by atoms with E-state index in [9.17, 15) is 18.0 Å².